The van der Waals surface area contributed by atoms with Crippen molar-refractivity contribution in [3.63, 3.8) is 0 Å². The van der Waals surface area contributed by atoms with Crippen molar-refractivity contribution in [2.75, 3.05) is 5.01 Å². The summed E-state index contributed by atoms with van der Waals surface area (Å²) in [4.78, 5) is 35.2. The van der Waals surface area contributed by atoms with Crippen LogP contribution in [0.1, 0.15) is 5.76 Å². The molecule has 29 heavy (non-hydrogen) atoms. The standard InChI is InChI=1S/C20H13N3O6/c24-17-8-6-13(23(27)28)10-15(17)18-9-7-14(29-18)11-16-19(25)21-22(20(16)26)12-4-2-1-3-5-12/h1-11,24H,(H,21,25)/b16-11-. The number of carbonyl (C=O) groups excluding carboxylic acids is 2. The number of nitro groups is 1. The number of nitrogens with one attached hydrogen (secondary N) is 1. The fourth-order valence-electron chi connectivity index (χ4n) is 2.87. The monoisotopic (exact) mass is 391 g/mol. The topological polar surface area (TPSA) is 126 Å². The van der Waals surface area contributed by atoms with Crippen LogP contribution in [-0.2, 0) is 9.59 Å². The van der Waals surface area contributed by atoms with E-state index in [0.29, 0.717) is 5.69 Å². The number of phenolic OH excluding ortho intramolecular Hbond substituents is 1. The molecule has 0 bridgehead atoms. The Morgan fingerprint density at radius 3 is 2.55 bits per heavy atom. The molecule has 3 aromatic rings. The molecule has 0 saturated carbocycles. The lowest BCUT2D eigenvalue weighted by Gasteiger charge is -2.13. The van der Waals surface area contributed by atoms with Gasteiger partial charge < -0.3 is 9.52 Å². The summed E-state index contributed by atoms with van der Waals surface area (Å²) in [6.45, 7) is 0. The molecular weight excluding hydrogens is 378 g/mol. The first-order chi connectivity index (χ1) is 13.9. The fourth-order valence-corrected chi connectivity index (χ4v) is 2.87. The van der Waals surface area contributed by atoms with Crippen molar-refractivity contribution in [3.05, 3.63) is 82.1 Å². The zero-order chi connectivity index (χ0) is 20.5. The van der Waals surface area contributed by atoms with Gasteiger partial charge in [-0.1, -0.05) is 18.2 Å². The van der Waals surface area contributed by atoms with Crippen LogP contribution in [0, 0.1) is 10.1 Å². The number of nitro benzene ring substituents is 1. The minimum absolute atomic E-state index is 0.122. The Labute approximate surface area is 163 Å². The molecule has 2 aromatic carbocycles. The van der Waals surface area contributed by atoms with Crippen molar-refractivity contribution in [2.45, 2.75) is 0 Å². The molecule has 1 saturated heterocycles. The van der Waals surface area contributed by atoms with Crippen LogP contribution in [-0.4, -0.2) is 21.8 Å². The first-order valence-electron chi connectivity index (χ1n) is 8.44. The van der Waals surface area contributed by atoms with Gasteiger partial charge in [-0.05, 0) is 36.4 Å². The highest BCUT2D eigenvalue weighted by atomic mass is 16.6. The second kappa shape index (κ2) is 6.97. The highest BCUT2D eigenvalue weighted by Crippen LogP contribution is 2.34. The Morgan fingerprint density at radius 1 is 1.07 bits per heavy atom. The van der Waals surface area contributed by atoms with Gasteiger partial charge in [0, 0.05) is 12.1 Å². The Balaban J connectivity index is 1.65. The first-order valence-corrected chi connectivity index (χ1v) is 8.44. The van der Waals surface area contributed by atoms with Crippen molar-refractivity contribution in [1.82, 2.24) is 5.43 Å². The number of non-ortho nitro benzene ring substituents is 1. The number of hydrazine groups is 1. The molecule has 0 radical (unpaired) electrons. The summed E-state index contributed by atoms with van der Waals surface area (Å²) in [5, 5.41) is 22.1. The zero-order valence-corrected chi connectivity index (χ0v) is 14.7. The van der Waals surface area contributed by atoms with Crippen molar-refractivity contribution in [1.29, 1.82) is 0 Å². The van der Waals surface area contributed by atoms with Gasteiger partial charge in [0.25, 0.3) is 17.5 Å². The van der Waals surface area contributed by atoms with Crippen LogP contribution < -0.4 is 10.4 Å². The predicted octanol–water partition coefficient (Wildman–Crippen LogP) is 3.02. The molecule has 2 N–H and O–H groups in total. The number of para-hydroxylation sites is 1. The van der Waals surface area contributed by atoms with Crippen LogP contribution in [0.25, 0.3) is 17.4 Å². The minimum Gasteiger partial charge on any atom is -0.507 e. The quantitative estimate of drug-likeness (QED) is 0.305. The molecule has 2 amide bonds. The van der Waals surface area contributed by atoms with E-state index in [4.69, 9.17) is 4.42 Å². The van der Waals surface area contributed by atoms with Crippen LogP contribution in [0.3, 0.4) is 0 Å². The van der Waals surface area contributed by atoms with E-state index in [0.717, 1.165) is 5.01 Å². The number of amides is 2. The summed E-state index contributed by atoms with van der Waals surface area (Å²) in [6, 6.07) is 15.1. The Kier molecular flexibility index (Phi) is 4.32. The third-order valence-corrected chi connectivity index (χ3v) is 4.28. The summed E-state index contributed by atoms with van der Waals surface area (Å²) < 4.78 is 5.58. The van der Waals surface area contributed by atoms with E-state index in [1.807, 2.05) is 0 Å². The van der Waals surface area contributed by atoms with Gasteiger partial charge in [0.15, 0.2) is 0 Å². The maximum atomic E-state index is 12.6. The van der Waals surface area contributed by atoms with E-state index in [1.165, 1.54) is 36.4 Å². The molecule has 144 valence electrons. The first kappa shape index (κ1) is 18.0. The van der Waals surface area contributed by atoms with Crippen molar-refractivity contribution < 1.29 is 24.0 Å². The summed E-state index contributed by atoms with van der Waals surface area (Å²) in [5.74, 6) is -0.996. The largest absolute Gasteiger partial charge is 0.507 e. The summed E-state index contributed by atoms with van der Waals surface area (Å²) in [6.07, 6.45) is 1.28. The highest BCUT2D eigenvalue weighted by molar-refractivity contribution is 6.31. The number of phenols is 1. The Morgan fingerprint density at radius 2 is 1.83 bits per heavy atom. The SMILES string of the molecule is O=C1NN(c2ccccc2)C(=O)/C1=C\c1ccc(-c2cc([N+](=O)[O-])ccc2O)o1. The molecule has 9 nitrogen and oxygen atoms in total. The average molecular weight is 391 g/mol. The molecule has 0 spiro atoms. The van der Waals surface area contributed by atoms with Gasteiger partial charge in [-0.2, -0.15) is 0 Å². The van der Waals surface area contributed by atoms with Crippen LogP contribution in [0.15, 0.2) is 70.7 Å². The Hall–Kier alpha value is -4.40. The lowest BCUT2D eigenvalue weighted by atomic mass is 10.1. The van der Waals surface area contributed by atoms with Crippen LogP contribution in [0.5, 0.6) is 5.75 Å². The smallest absolute Gasteiger partial charge is 0.282 e. The summed E-state index contributed by atoms with van der Waals surface area (Å²) in [5.41, 5.74) is 2.77. The lowest BCUT2D eigenvalue weighted by Crippen LogP contribution is -2.35. The molecule has 1 aromatic heterocycles. The predicted molar refractivity (Wildman–Crippen MR) is 103 cm³/mol. The third-order valence-electron chi connectivity index (χ3n) is 4.28. The summed E-state index contributed by atoms with van der Waals surface area (Å²) >= 11 is 0. The second-order valence-electron chi connectivity index (χ2n) is 6.14. The highest BCUT2D eigenvalue weighted by Gasteiger charge is 2.34. The number of hydrogen-bond acceptors (Lipinski definition) is 6. The molecule has 1 aliphatic rings. The number of anilines is 1. The van der Waals surface area contributed by atoms with E-state index >= 15 is 0 Å². The molecule has 1 aliphatic heterocycles. The van der Waals surface area contributed by atoms with Crippen LogP contribution in [0.2, 0.25) is 0 Å². The number of carbonyl (C=O) groups is 2. The van der Waals surface area contributed by atoms with Gasteiger partial charge in [-0.15, -0.1) is 0 Å². The zero-order valence-electron chi connectivity index (χ0n) is 14.7. The molecule has 4 rings (SSSR count). The molecule has 0 unspecified atom stereocenters. The maximum Gasteiger partial charge on any atom is 0.282 e. The number of nitrogens with zero attached hydrogens (tertiary/aromatic N) is 2. The number of furan rings is 1. The second-order valence-corrected chi connectivity index (χ2v) is 6.14. The van der Waals surface area contributed by atoms with Crippen LogP contribution in [0.4, 0.5) is 11.4 Å². The molecule has 2 heterocycles. The lowest BCUT2D eigenvalue weighted by molar-refractivity contribution is -0.384. The van der Waals surface area contributed by atoms with Gasteiger partial charge in [0.2, 0.25) is 0 Å². The van der Waals surface area contributed by atoms with E-state index < -0.39 is 16.7 Å². The third kappa shape index (κ3) is 3.32. The van der Waals surface area contributed by atoms with Crippen LogP contribution >= 0.6 is 0 Å². The van der Waals surface area contributed by atoms with E-state index in [2.05, 4.69) is 5.43 Å². The van der Waals surface area contributed by atoms with Gasteiger partial charge >= 0.3 is 0 Å². The molecule has 9 heteroatoms. The number of aromatic hydroxyl groups is 1. The molecule has 1 fully saturated rings. The van der Waals surface area contributed by atoms with Crippen molar-refractivity contribution >= 4 is 29.3 Å². The molecule has 0 atom stereocenters. The van der Waals surface area contributed by atoms with E-state index in [9.17, 15) is 24.8 Å². The number of rotatable bonds is 4. The minimum atomic E-state index is -0.589. The van der Waals surface area contributed by atoms with Gasteiger partial charge in [-0.25, -0.2) is 5.01 Å². The Bertz CT molecular complexity index is 1170. The normalized spacial score (nSPS) is 15.0. The van der Waals surface area contributed by atoms with Gasteiger partial charge in [-0.3, -0.25) is 25.1 Å². The molecule has 0 aliphatic carbocycles. The molecular formula is C20H13N3O6. The fraction of sp³-hybridized carbons (Fsp3) is 0. The number of hydrogen-bond donors (Lipinski definition) is 2. The van der Waals surface area contributed by atoms with Crippen molar-refractivity contribution in [2.24, 2.45) is 0 Å². The number of benzene rings is 2. The average Bonchev–Trinajstić information content (AvgIpc) is 3.29. The van der Waals surface area contributed by atoms with E-state index in [1.54, 1.807) is 30.3 Å². The van der Waals surface area contributed by atoms with E-state index in [-0.39, 0.29) is 34.1 Å². The maximum absolute atomic E-state index is 12.6. The van der Waals surface area contributed by atoms with Gasteiger partial charge in [0.1, 0.15) is 22.8 Å². The van der Waals surface area contributed by atoms with Gasteiger partial charge in [0.05, 0.1) is 16.2 Å². The summed E-state index contributed by atoms with van der Waals surface area (Å²) in [7, 11) is 0. The van der Waals surface area contributed by atoms with Crippen molar-refractivity contribution in [3.8, 4) is 17.1 Å².